The zero-order chi connectivity index (χ0) is 15.7. The molecule has 1 saturated heterocycles. The number of rotatable bonds is 6. The van der Waals surface area contributed by atoms with E-state index in [1.807, 2.05) is 12.1 Å². The van der Waals surface area contributed by atoms with E-state index in [-0.39, 0.29) is 12.0 Å². The number of aliphatic carboxylic acids is 1. The molecule has 5 nitrogen and oxygen atoms in total. The molecular formula is C16H20BrNO4. The topological polar surface area (TPSA) is 67.8 Å². The molecule has 2 atom stereocenters. The van der Waals surface area contributed by atoms with Gasteiger partial charge in [-0.25, -0.2) is 0 Å². The number of nitrogens with one attached hydrogen (secondary N) is 1. The van der Waals surface area contributed by atoms with Gasteiger partial charge in [0.05, 0.1) is 19.6 Å². The van der Waals surface area contributed by atoms with Gasteiger partial charge in [-0.05, 0) is 37.3 Å². The molecule has 1 aliphatic heterocycles. The number of carboxylic acid groups (broad SMARTS) is 1. The molecule has 0 bridgehead atoms. The fraction of sp³-hybridized carbons (Fsp3) is 0.562. The second-order valence-electron chi connectivity index (χ2n) is 5.98. The van der Waals surface area contributed by atoms with Crippen molar-refractivity contribution in [3.63, 3.8) is 0 Å². The van der Waals surface area contributed by atoms with Crippen LogP contribution in [-0.4, -0.2) is 31.3 Å². The summed E-state index contributed by atoms with van der Waals surface area (Å²) >= 11 is 3.58. The first-order chi connectivity index (χ1) is 10.6. The normalized spacial score (nSPS) is 24.3. The largest absolute Gasteiger partial charge is 0.493 e. The summed E-state index contributed by atoms with van der Waals surface area (Å²) in [6.07, 6.45) is 2.99. The SMILES string of the molecule is COc1ccc(Br)c(C2CC(C(=O)O)CN2)c1OCC1CC1. The molecule has 1 saturated carbocycles. The highest BCUT2D eigenvalue weighted by Gasteiger charge is 2.34. The van der Waals surface area contributed by atoms with Gasteiger partial charge >= 0.3 is 5.97 Å². The molecule has 120 valence electrons. The lowest BCUT2D eigenvalue weighted by Crippen LogP contribution is -2.18. The first kappa shape index (κ1) is 15.6. The summed E-state index contributed by atoms with van der Waals surface area (Å²) in [5.41, 5.74) is 0.962. The highest BCUT2D eigenvalue weighted by atomic mass is 79.9. The van der Waals surface area contributed by atoms with E-state index in [1.165, 1.54) is 12.8 Å². The van der Waals surface area contributed by atoms with Crippen molar-refractivity contribution in [2.45, 2.75) is 25.3 Å². The smallest absolute Gasteiger partial charge is 0.307 e. The maximum atomic E-state index is 11.2. The number of hydrogen-bond donors (Lipinski definition) is 2. The Hall–Kier alpha value is -1.27. The van der Waals surface area contributed by atoms with E-state index in [0.29, 0.717) is 31.2 Å². The van der Waals surface area contributed by atoms with Crippen LogP contribution in [0.25, 0.3) is 0 Å². The number of carbonyl (C=O) groups is 1. The predicted molar refractivity (Wildman–Crippen MR) is 85.4 cm³/mol. The third kappa shape index (κ3) is 3.22. The molecule has 1 aromatic carbocycles. The maximum absolute atomic E-state index is 11.2. The Bertz CT molecular complexity index is 574. The average molecular weight is 370 g/mol. The Balaban J connectivity index is 1.88. The lowest BCUT2D eigenvalue weighted by atomic mass is 9.99. The summed E-state index contributed by atoms with van der Waals surface area (Å²) in [5, 5.41) is 12.5. The van der Waals surface area contributed by atoms with E-state index < -0.39 is 5.97 Å². The van der Waals surface area contributed by atoms with Crippen LogP contribution in [0.15, 0.2) is 16.6 Å². The van der Waals surface area contributed by atoms with Crippen LogP contribution in [0.3, 0.4) is 0 Å². The van der Waals surface area contributed by atoms with Gasteiger partial charge < -0.3 is 19.9 Å². The van der Waals surface area contributed by atoms with Crippen LogP contribution in [0.5, 0.6) is 11.5 Å². The van der Waals surface area contributed by atoms with Crippen molar-refractivity contribution in [1.29, 1.82) is 0 Å². The fourth-order valence-corrected chi connectivity index (χ4v) is 3.41. The van der Waals surface area contributed by atoms with Crippen LogP contribution in [0.4, 0.5) is 0 Å². The molecule has 22 heavy (non-hydrogen) atoms. The van der Waals surface area contributed by atoms with Crippen molar-refractivity contribution in [1.82, 2.24) is 5.32 Å². The van der Waals surface area contributed by atoms with Gasteiger partial charge in [0.2, 0.25) is 0 Å². The third-order valence-corrected chi connectivity index (χ3v) is 5.01. The molecule has 2 unspecified atom stereocenters. The quantitative estimate of drug-likeness (QED) is 0.806. The van der Waals surface area contributed by atoms with Gasteiger partial charge in [0.15, 0.2) is 11.5 Å². The molecule has 2 fully saturated rings. The van der Waals surface area contributed by atoms with Crippen molar-refractivity contribution < 1.29 is 19.4 Å². The van der Waals surface area contributed by atoms with Gasteiger partial charge in [0.1, 0.15) is 0 Å². The summed E-state index contributed by atoms with van der Waals surface area (Å²) in [7, 11) is 1.62. The molecule has 0 amide bonds. The van der Waals surface area contributed by atoms with Crippen LogP contribution < -0.4 is 14.8 Å². The van der Waals surface area contributed by atoms with Gasteiger partial charge in [0, 0.05) is 22.6 Å². The monoisotopic (exact) mass is 369 g/mol. The zero-order valence-electron chi connectivity index (χ0n) is 12.5. The summed E-state index contributed by atoms with van der Waals surface area (Å²) in [5.74, 6) is 0.945. The summed E-state index contributed by atoms with van der Waals surface area (Å²) in [4.78, 5) is 11.2. The second kappa shape index (κ2) is 6.46. The number of halogens is 1. The zero-order valence-corrected chi connectivity index (χ0v) is 14.1. The Morgan fingerprint density at radius 2 is 2.23 bits per heavy atom. The number of methoxy groups -OCH3 is 1. The molecule has 1 heterocycles. The predicted octanol–water partition coefficient (Wildman–Crippen LogP) is 2.98. The Labute approximate surface area is 138 Å². The Kier molecular flexibility index (Phi) is 4.59. The number of ether oxygens (including phenoxy) is 2. The van der Waals surface area contributed by atoms with Crippen molar-refractivity contribution in [2.75, 3.05) is 20.3 Å². The minimum absolute atomic E-state index is 0.0419. The van der Waals surface area contributed by atoms with Crippen LogP contribution in [0, 0.1) is 11.8 Å². The fourth-order valence-electron chi connectivity index (χ4n) is 2.82. The Morgan fingerprint density at radius 1 is 1.45 bits per heavy atom. The molecule has 3 rings (SSSR count). The van der Waals surface area contributed by atoms with Crippen molar-refractivity contribution in [3.05, 3.63) is 22.2 Å². The molecular weight excluding hydrogens is 350 g/mol. The molecule has 0 radical (unpaired) electrons. The first-order valence-electron chi connectivity index (χ1n) is 7.55. The second-order valence-corrected chi connectivity index (χ2v) is 6.83. The Morgan fingerprint density at radius 3 is 2.82 bits per heavy atom. The highest BCUT2D eigenvalue weighted by molar-refractivity contribution is 9.10. The molecule has 0 aromatic heterocycles. The van der Waals surface area contributed by atoms with Gasteiger partial charge in [-0.2, -0.15) is 0 Å². The van der Waals surface area contributed by atoms with E-state index in [4.69, 9.17) is 9.47 Å². The lowest BCUT2D eigenvalue weighted by molar-refractivity contribution is -0.141. The van der Waals surface area contributed by atoms with Gasteiger partial charge in [-0.1, -0.05) is 15.9 Å². The first-order valence-corrected chi connectivity index (χ1v) is 8.34. The van der Waals surface area contributed by atoms with E-state index in [2.05, 4.69) is 21.2 Å². The van der Waals surface area contributed by atoms with Crippen LogP contribution in [-0.2, 0) is 4.79 Å². The maximum Gasteiger partial charge on any atom is 0.307 e. The van der Waals surface area contributed by atoms with E-state index in [1.54, 1.807) is 7.11 Å². The third-order valence-electron chi connectivity index (χ3n) is 4.32. The van der Waals surface area contributed by atoms with Crippen LogP contribution in [0.1, 0.15) is 30.9 Å². The minimum atomic E-state index is -0.755. The summed E-state index contributed by atoms with van der Waals surface area (Å²) < 4.78 is 12.4. The molecule has 2 N–H and O–H groups in total. The molecule has 1 aromatic rings. The van der Waals surface area contributed by atoms with E-state index in [9.17, 15) is 9.90 Å². The number of hydrogen-bond acceptors (Lipinski definition) is 4. The van der Waals surface area contributed by atoms with Crippen LogP contribution in [0.2, 0.25) is 0 Å². The van der Waals surface area contributed by atoms with Crippen molar-refractivity contribution in [3.8, 4) is 11.5 Å². The van der Waals surface area contributed by atoms with Gasteiger partial charge in [0.25, 0.3) is 0 Å². The van der Waals surface area contributed by atoms with Crippen LogP contribution >= 0.6 is 15.9 Å². The molecule has 6 heteroatoms. The van der Waals surface area contributed by atoms with Gasteiger partial charge in [-0.15, -0.1) is 0 Å². The lowest BCUT2D eigenvalue weighted by Gasteiger charge is -2.20. The van der Waals surface area contributed by atoms with E-state index >= 15 is 0 Å². The van der Waals surface area contributed by atoms with E-state index in [0.717, 1.165) is 15.8 Å². The highest BCUT2D eigenvalue weighted by Crippen LogP contribution is 2.44. The average Bonchev–Trinajstić information content (AvgIpc) is 3.20. The molecule has 2 aliphatic rings. The van der Waals surface area contributed by atoms with Crippen molar-refractivity contribution in [2.24, 2.45) is 11.8 Å². The standard InChI is InChI=1S/C16H20BrNO4/c1-21-13-5-4-11(17)14(15(13)22-8-9-2-3-9)12-6-10(7-18-12)16(19)20/h4-5,9-10,12,18H,2-3,6-8H2,1H3,(H,19,20). The molecule has 1 aliphatic carbocycles. The summed E-state index contributed by atoms with van der Waals surface area (Å²) in [6, 6.07) is 3.76. The van der Waals surface area contributed by atoms with Crippen molar-refractivity contribution >= 4 is 21.9 Å². The number of benzene rings is 1. The molecule has 0 spiro atoms. The summed E-state index contributed by atoms with van der Waals surface area (Å²) in [6.45, 7) is 1.17. The minimum Gasteiger partial charge on any atom is -0.493 e. The number of carboxylic acids is 1. The van der Waals surface area contributed by atoms with Gasteiger partial charge in [-0.3, -0.25) is 4.79 Å².